The first kappa shape index (κ1) is 15.7. The summed E-state index contributed by atoms with van der Waals surface area (Å²) < 4.78 is 37.9. The van der Waals surface area contributed by atoms with Crippen LogP contribution in [0.4, 0.5) is 13.2 Å². The molecule has 0 aliphatic carbocycles. The first-order valence-electron chi connectivity index (χ1n) is 5.00. The normalized spacial score (nSPS) is 11.7. The lowest BCUT2D eigenvalue weighted by Crippen LogP contribution is -2.09. The lowest BCUT2D eigenvalue weighted by atomic mass is 10.4. The molecule has 0 radical (unpaired) electrons. The molecule has 1 heterocycles. The van der Waals surface area contributed by atoms with Crippen molar-refractivity contribution in [3.05, 3.63) is 45.3 Å². The molecule has 2 nitrogen and oxygen atoms in total. The van der Waals surface area contributed by atoms with E-state index in [1.54, 1.807) is 12.1 Å². The molecule has 2 rings (SSSR count). The molecular formula is C11H4Cl3F3N2S. The molecule has 0 unspecified atom stereocenters. The van der Waals surface area contributed by atoms with Crippen LogP contribution in [0.1, 0.15) is 5.69 Å². The predicted molar refractivity (Wildman–Crippen MR) is 72.6 cm³/mol. The van der Waals surface area contributed by atoms with Crippen LogP contribution in [-0.2, 0) is 6.18 Å². The van der Waals surface area contributed by atoms with E-state index in [4.69, 9.17) is 34.8 Å². The lowest BCUT2D eigenvalue weighted by molar-refractivity contribution is -0.141. The van der Waals surface area contributed by atoms with Crippen molar-refractivity contribution in [2.45, 2.75) is 16.1 Å². The van der Waals surface area contributed by atoms with Gasteiger partial charge < -0.3 is 0 Å². The Bertz CT molecular complexity index is 649. The molecule has 0 N–H and O–H groups in total. The summed E-state index contributed by atoms with van der Waals surface area (Å²) >= 11 is 18.2. The molecule has 0 atom stereocenters. The number of nitrogens with zero attached hydrogens (tertiary/aromatic N) is 2. The summed E-state index contributed by atoms with van der Waals surface area (Å²) in [6.45, 7) is 0. The third-order valence-electron chi connectivity index (χ3n) is 2.07. The van der Waals surface area contributed by atoms with Gasteiger partial charge in [-0.05, 0) is 29.8 Å². The average Bonchev–Trinajstić information content (AvgIpc) is 2.32. The van der Waals surface area contributed by atoms with Gasteiger partial charge in [0, 0.05) is 16.0 Å². The number of hydrogen-bond donors (Lipinski definition) is 0. The summed E-state index contributed by atoms with van der Waals surface area (Å²) in [7, 11) is 0. The minimum absolute atomic E-state index is 0.0292. The van der Waals surface area contributed by atoms with E-state index >= 15 is 0 Å². The van der Waals surface area contributed by atoms with Crippen molar-refractivity contribution in [1.82, 2.24) is 9.97 Å². The molecule has 0 bridgehead atoms. The van der Waals surface area contributed by atoms with Crippen molar-refractivity contribution in [2.75, 3.05) is 0 Å². The number of alkyl halides is 3. The Morgan fingerprint density at radius 1 is 1.00 bits per heavy atom. The third kappa shape index (κ3) is 3.91. The van der Waals surface area contributed by atoms with Crippen LogP contribution in [0, 0.1) is 0 Å². The highest BCUT2D eigenvalue weighted by molar-refractivity contribution is 7.99. The van der Waals surface area contributed by atoms with E-state index in [2.05, 4.69) is 9.97 Å². The average molecular weight is 360 g/mol. The standard InChI is InChI=1S/C11H4Cl3F3N2S/c12-5-1-2-6(13)7(3-5)20-9-4-8(11(15,16)17)18-10(14)19-9/h1-4H. The van der Waals surface area contributed by atoms with Crippen LogP contribution < -0.4 is 0 Å². The molecule has 1 aromatic carbocycles. The second-order valence-corrected chi connectivity index (χ2v) is 5.78. The minimum Gasteiger partial charge on any atom is -0.213 e. The van der Waals surface area contributed by atoms with E-state index in [9.17, 15) is 13.2 Å². The van der Waals surface area contributed by atoms with Crippen LogP contribution in [0.5, 0.6) is 0 Å². The zero-order valence-corrected chi connectivity index (χ0v) is 12.5. The van der Waals surface area contributed by atoms with Gasteiger partial charge in [0.05, 0.1) is 5.02 Å². The summed E-state index contributed by atoms with van der Waals surface area (Å²) in [6.07, 6.45) is -4.60. The van der Waals surface area contributed by atoms with Gasteiger partial charge in [-0.15, -0.1) is 0 Å². The molecule has 0 aliphatic heterocycles. The molecule has 0 saturated heterocycles. The number of benzene rings is 1. The Kier molecular flexibility index (Phi) is 4.69. The van der Waals surface area contributed by atoms with Gasteiger partial charge in [-0.2, -0.15) is 13.2 Å². The SMILES string of the molecule is FC(F)(F)c1cc(Sc2cc(Cl)ccc2Cl)nc(Cl)n1. The highest BCUT2D eigenvalue weighted by atomic mass is 35.5. The van der Waals surface area contributed by atoms with E-state index in [-0.39, 0.29) is 5.03 Å². The van der Waals surface area contributed by atoms with Crippen molar-refractivity contribution in [3.63, 3.8) is 0 Å². The zero-order chi connectivity index (χ0) is 14.9. The second kappa shape index (κ2) is 5.97. The molecule has 0 fully saturated rings. The number of halogens is 6. The van der Waals surface area contributed by atoms with E-state index < -0.39 is 17.2 Å². The van der Waals surface area contributed by atoms with Crippen molar-refractivity contribution in [2.24, 2.45) is 0 Å². The smallest absolute Gasteiger partial charge is 0.213 e. The quantitative estimate of drug-likeness (QED) is 0.515. The van der Waals surface area contributed by atoms with Crippen molar-refractivity contribution >= 4 is 46.6 Å². The molecule has 1 aromatic heterocycles. The Hall–Kier alpha value is -0.690. The number of rotatable bonds is 2. The van der Waals surface area contributed by atoms with Gasteiger partial charge in [-0.3, -0.25) is 0 Å². The molecule has 0 saturated carbocycles. The summed E-state index contributed by atoms with van der Waals surface area (Å²) in [5.74, 6) is 0. The summed E-state index contributed by atoms with van der Waals surface area (Å²) in [4.78, 5) is 7.35. The molecular weight excluding hydrogens is 356 g/mol. The number of hydrogen-bond acceptors (Lipinski definition) is 3. The van der Waals surface area contributed by atoms with E-state index in [1.165, 1.54) is 6.07 Å². The third-order valence-corrected chi connectivity index (χ3v) is 3.90. The van der Waals surface area contributed by atoms with Gasteiger partial charge >= 0.3 is 6.18 Å². The molecule has 0 aliphatic rings. The Morgan fingerprint density at radius 3 is 2.35 bits per heavy atom. The van der Waals surface area contributed by atoms with Crippen molar-refractivity contribution in [1.29, 1.82) is 0 Å². The highest BCUT2D eigenvalue weighted by Crippen LogP contribution is 2.37. The Morgan fingerprint density at radius 2 is 1.70 bits per heavy atom. The molecule has 9 heteroatoms. The fraction of sp³-hybridized carbons (Fsp3) is 0.0909. The van der Waals surface area contributed by atoms with Crippen LogP contribution >= 0.6 is 46.6 Å². The molecule has 0 spiro atoms. The molecule has 0 amide bonds. The molecule has 20 heavy (non-hydrogen) atoms. The van der Waals surface area contributed by atoms with Gasteiger partial charge in [-0.25, -0.2) is 9.97 Å². The van der Waals surface area contributed by atoms with Crippen LogP contribution in [0.25, 0.3) is 0 Å². The fourth-order valence-corrected chi connectivity index (χ4v) is 2.84. The lowest BCUT2D eigenvalue weighted by Gasteiger charge is -2.08. The van der Waals surface area contributed by atoms with Gasteiger partial charge in [0.1, 0.15) is 5.03 Å². The monoisotopic (exact) mass is 358 g/mol. The maximum atomic E-state index is 12.6. The largest absolute Gasteiger partial charge is 0.433 e. The van der Waals surface area contributed by atoms with Crippen LogP contribution in [-0.4, -0.2) is 9.97 Å². The summed E-state index contributed by atoms with van der Waals surface area (Å²) in [5.41, 5.74) is -1.11. The second-order valence-electron chi connectivity index (χ2n) is 3.54. The van der Waals surface area contributed by atoms with Gasteiger partial charge in [0.25, 0.3) is 0 Å². The van der Waals surface area contributed by atoms with Crippen LogP contribution in [0.3, 0.4) is 0 Å². The van der Waals surface area contributed by atoms with E-state index in [0.29, 0.717) is 14.9 Å². The first-order valence-corrected chi connectivity index (χ1v) is 6.95. The van der Waals surface area contributed by atoms with Gasteiger partial charge in [-0.1, -0.05) is 35.0 Å². The summed E-state index contributed by atoms with van der Waals surface area (Å²) in [5, 5.41) is 0.303. The predicted octanol–water partition coefficient (Wildman–Crippen LogP) is 5.61. The number of aromatic nitrogens is 2. The van der Waals surface area contributed by atoms with E-state index in [0.717, 1.165) is 17.8 Å². The van der Waals surface area contributed by atoms with Gasteiger partial charge in [0.15, 0.2) is 5.69 Å². The first-order chi connectivity index (χ1) is 9.25. The maximum absolute atomic E-state index is 12.6. The molecule has 2 aromatic rings. The van der Waals surface area contributed by atoms with Crippen LogP contribution in [0.2, 0.25) is 15.3 Å². The van der Waals surface area contributed by atoms with E-state index in [1.807, 2.05) is 0 Å². The summed E-state index contributed by atoms with van der Waals surface area (Å²) in [6, 6.07) is 5.44. The minimum atomic E-state index is -4.60. The van der Waals surface area contributed by atoms with Crippen molar-refractivity contribution < 1.29 is 13.2 Å². The molecule has 106 valence electrons. The van der Waals surface area contributed by atoms with Crippen molar-refractivity contribution in [3.8, 4) is 0 Å². The van der Waals surface area contributed by atoms with Gasteiger partial charge in [0.2, 0.25) is 5.28 Å². The van der Waals surface area contributed by atoms with Crippen LogP contribution in [0.15, 0.2) is 34.2 Å². The maximum Gasteiger partial charge on any atom is 0.433 e. The Labute approximate surface area is 131 Å². The fourth-order valence-electron chi connectivity index (χ4n) is 1.26. The Balaban J connectivity index is 2.39. The highest BCUT2D eigenvalue weighted by Gasteiger charge is 2.33. The zero-order valence-electron chi connectivity index (χ0n) is 9.38. The topological polar surface area (TPSA) is 25.8 Å².